The highest BCUT2D eigenvalue weighted by Gasteiger charge is 2.63. The fourth-order valence-corrected chi connectivity index (χ4v) is 9.72. The number of hydrogen-bond donors (Lipinski definition) is 0. The van der Waals surface area contributed by atoms with Gasteiger partial charge in [-0.05, 0) is 90.8 Å². The van der Waals surface area contributed by atoms with E-state index in [9.17, 15) is 4.79 Å². The largest absolute Gasteiger partial charge is 0.342 e. The minimum atomic E-state index is 0.349. The lowest BCUT2D eigenvalue weighted by Crippen LogP contribution is -2.63. The smallest absolute Gasteiger partial charge is 0.222 e. The zero-order valence-corrected chi connectivity index (χ0v) is 21.8. The second-order valence-electron chi connectivity index (χ2n) is 13.3. The molecule has 1 heterocycles. The van der Waals surface area contributed by atoms with E-state index < -0.39 is 0 Å². The number of carbonyl (C=O) groups excluding carboxylic acids is 1. The fourth-order valence-electron chi connectivity index (χ4n) is 9.72. The molecule has 4 rings (SSSR count). The Morgan fingerprint density at radius 2 is 1.71 bits per heavy atom. The highest BCUT2D eigenvalue weighted by atomic mass is 16.2. The molecule has 3 aliphatic carbocycles. The molecular formula is C29H51NO. The number of amides is 1. The van der Waals surface area contributed by atoms with Crippen LogP contribution in [0.3, 0.4) is 0 Å². The van der Waals surface area contributed by atoms with Crippen molar-refractivity contribution in [2.45, 2.75) is 118 Å². The van der Waals surface area contributed by atoms with E-state index in [0.29, 0.717) is 22.8 Å². The maximum Gasteiger partial charge on any atom is 0.222 e. The molecule has 0 aromatic carbocycles. The van der Waals surface area contributed by atoms with Crippen LogP contribution in [0.25, 0.3) is 0 Å². The van der Waals surface area contributed by atoms with Crippen molar-refractivity contribution in [1.82, 2.24) is 4.90 Å². The van der Waals surface area contributed by atoms with Crippen molar-refractivity contribution >= 4 is 5.91 Å². The van der Waals surface area contributed by atoms with Crippen molar-refractivity contribution in [3.63, 3.8) is 0 Å². The quantitative estimate of drug-likeness (QED) is 0.426. The van der Waals surface area contributed by atoms with E-state index in [1.807, 2.05) is 0 Å². The van der Waals surface area contributed by atoms with Crippen LogP contribution in [-0.4, -0.2) is 23.9 Å². The molecular weight excluding hydrogens is 378 g/mol. The predicted octanol–water partition coefficient (Wildman–Crippen LogP) is 7.56. The van der Waals surface area contributed by atoms with Crippen LogP contribution in [0, 0.1) is 52.3 Å². The molecule has 0 bridgehead atoms. The van der Waals surface area contributed by atoms with Gasteiger partial charge in [0.05, 0.1) is 0 Å². The Labute approximate surface area is 193 Å². The van der Waals surface area contributed by atoms with E-state index in [1.165, 1.54) is 57.8 Å². The van der Waals surface area contributed by atoms with Crippen LogP contribution in [0.1, 0.15) is 112 Å². The summed E-state index contributed by atoms with van der Waals surface area (Å²) in [7, 11) is 2.11. The number of likely N-dealkylation sites (tertiary alicyclic amines) is 1. The van der Waals surface area contributed by atoms with Crippen molar-refractivity contribution in [2.24, 2.45) is 52.3 Å². The summed E-state index contributed by atoms with van der Waals surface area (Å²) in [5.41, 5.74) is 0.909. The van der Waals surface area contributed by atoms with Crippen LogP contribution in [0.15, 0.2) is 0 Å². The summed E-state index contributed by atoms with van der Waals surface area (Å²) >= 11 is 0. The average Bonchev–Trinajstić information content (AvgIpc) is 3.08. The van der Waals surface area contributed by atoms with Gasteiger partial charge in [0, 0.05) is 19.5 Å². The van der Waals surface area contributed by atoms with E-state index >= 15 is 0 Å². The minimum absolute atomic E-state index is 0.349. The molecule has 3 saturated carbocycles. The molecule has 4 fully saturated rings. The molecule has 0 aromatic rings. The monoisotopic (exact) mass is 429 g/mol. The number of fused-ring (bicyclic) bond motifs is 5. The number of carbonyl (C=O) groups is 1. The van der Waals surface area contributed by atoms with E-state index in [1.54, 1.807) is 0 Å². The maximum atomic E-state index is 12.6. The first-order valence-corrected chi connectivity index (χ1v) is 13.9. The predicted molar refractivity (Wildman–Crippen MR) is 131 cm³/mol. The van der Waals surface area contributed by atoms with Crippen LogP contribution in [0.4, 0.5) is 0 Å². The van der Waals surface area contributed by atoms with Crippen molar-refractivity contribution < 1.29 is 4.79 Å². The highest BCUT2D eigenvalue weighted by molar-refractivity contribution is 5.77. The van der Waals surface area contributed by atoms with Gasteiger partial charge in [-0.3, -0.25) is 4.79 Å². The summed E-state index contributed by atoms with van der Waals surface area (Å²) in [6.45, 7) is 15.0. The maximum absolute atomic E-state index is 12.6. The van der Waals surface area contributed by atoms with Gasteiger partial charge < -0.3 is 4.90 Å². The molecule has 0 radical (unpaired) electrons. The lowest BCUT2D eigenvalue weighted by atomic mass is 9.44. The first-order valence-electron chi connectivity index (χ1n) is 13.9. The van der Waals surface area contributed by atoms with E-state index in [4.69, 9.17) is 0 Å². The van der Waals surface area contributed by atoms with Gasteiger partial charge in [-0.1, -0.05) is 67.2 Å². The Bertz CT molecular complexity index is 657. The molecule has 2 heteroatoms. The fraction of sp³-hybridized carbons (Fsp3) is 0.966. The third kappa shape index (κ3) is 3.80. The molecule has 2 nitrogen and oxygen atoms in total. The van der Waals surface area contributed by atoms with E-state index in [2.05, 4.69) is 53.5 Å². The van der Waals surface area contributed by atoms with Gasteiger partial charge in [0.25, 0.3) is 0 Å². The van der Waals surface area contributed by atoms with Crippen LogP contribution < -0.4 is 0 Å². The van der Waals surface area contributed by atoms with E-state index in [-0.39, 0.29) is 0 Å². The minimum Gasteiger partial charge on any atom is -0.342 e. The normalized spacial score (nSPS) is 45.9. The van der Waals surface area contributed by atoms with Crippen molar-refractivity contribution in [3.05, 3.63) is 0 Å². The van der Waals surface area contributed by atoms with Crippen LogP contribution in [-0.2, 0) is 4.79 Å². The van der Waals surface area contributed by atoms with Crippen LogP contribution in [0.5, 0.6) is 0 Å². The summed E-state index contributed by atoms with van der Waals surface area (Å²) in [6.07, 6.45) is 14.5. The zero-order chi connectivity index (χ0) is 22.6. The molecule has 0 aromatic heterocycles. The van der Waals surface area contributed by atoms with Crippen molar-refractivity contribution in [1.29, 1.82) is 0 Å². The molecule has 1 amide bonds. The molecule has 0 spiro atoms. The molecule has 4 aliphatic rings. The second-order valence-corrected chi connectivity index (χ2v) is 13.3. The SMILES string of the molecule is CC[C@H]1CC2N(C)C(=O)CC[C@]2(C)[C@H]2CC[C@]3(C)[C@@H]([C@H](C)CCCC(C)C)CC[C@H]3[C@H]12. The Morgan fingerprint density at radius 3 is 2.39 bits per heavy atom. The lowest BCUT2D eigenvalue weighted by Gasteiger charge is -2.64. The zero-order valence-electron chi connectivity index (χ0n) is 21.8. The lowest BCUT2D eigenvalue weighted by molar-refractivity contribution is -0.169. The summed E-state index contributed by atoms with van der Waals surface area (Å²) in [5.74, 6) is 6.54. The molecule has 0 N–H and O–H groups in total. The van der Waals surface area contributed by atoms with Gasteiger partial charge in [0.1, 0.15) is 0 Å². The molecule has 1 unspecified atom stereocenters. The highest BCUT2D eigenvalue weighted by Crippen LogP contribution is 2.68. The summed E-state index contributed by atoms with van der Waals surface area (Å²) < 4.78 is 0. The van der Waals surface area contributed by atoms with Crippen LogP contribution >= 0.6 is 0 Å². The van der Waals surface area contributed by atoms with Gasteiger partial charge in [0.2, 0.25) is 5.91 Å². The number of rotatable bonds is 6. The third-order valence-corrected chi connectivity index (χ3v) is 11.5. The molecule has 1 saturated heterocycles. The van der Waals surface area contributed by atoms with Gasteiger partial charge in [-0.15, -0.1) is 0 Å². The summed E-state index contributed by atoms with van der Waals surface area (Å²) in [6, 6.07) is 0.483. The van der Waals surface area contributed by atoms with Crippen molar-refractivity contribution in [3.8, 4) is 0 Å². The number of nitrogens with zero attached hydrogens (tertiary/aromatic N) is 1. The first kappa shape index (κ1) is 23.6. The standard InChI is InChI=1S/C29H51NO/c1-8-21-18-25-29(6,17-15-26(31)30(25)7)24-14-16-28(5)22(12-13-23(28)27(21)24)20(4)11-9-10-19(2)3/h19-25,27H,8-18H2,1-7H3/t20-,21+,22-,23+,24+,25?,27+,28-,29-/m1/s1. The molecule has 9 atom stereocenters. The molecule has 178 valence electrons. The molecule has 1 aliphatic heterocycles. The Morgan fingerprint density at radius 1 is 1.00 bits per heavy atom. The topological polar surface area (TPSA) is 20.3 Å². The Hall–Kier alpha value is -0.530. The van der Waals surface area contributed by atoms with Gasteiger partial charge >= 0.3 is 0 Å². The summed E-state index contributed by atoms with van der Waals surface area (Å²) in [4.78, 5) is 14.7. The van der Waals surface area contributed by atoms with Gasteiger partial charge in [-0.25, -0.2) is 0 Å². The Kier molecular flexibility index (Phi) is 6.61. The molecule has 31 heavy (non-hydrogen) atoms. The first-order chi connectivity index (χ1) is 14.6. The van der Waals surface area contributed by atoms with Crippen LogP contribution in [0.2, 0.25) is 0 Å². The number of piperidine rings is 1. The summed E-state index contributed by atoms with van der Waals surface area (Å²) in [5, 5.41) is 0. The van der Waals surface area contributed by atoms with Crippen molar-refractivity contribution in [2.75, 3.05) is 7.05 Å². The number of hydrogen-bond acceptors (Lipinski definition) is 1. The van der Waals surface area contributed by atoms with Gasteiger partial charge in [0.15, 0.2) is 0 Å². The Balaban J connectivity index is 1.56. The third-order valence-electron chi connectivity index (χ3n) is 11.5. The second kappa shape index (κ2) is 8.68. The van der Waals surface area contributed by atoms with E-state index in [0.717, 1.165) is 54.3 Å². The van der Waals surface area contributed by atoms with Gasteiger partial charge in [-0.2, -0.15) is 0 Å². The average molecular weight is 430 g/mol.